The first-order valence-electron chi connectivity index (χ1n) is 6.69. The van der Waals surface area contributed by atoms with Gasteiger partial charge < -0.3 is 5.11 Å². The van der Waals surface area contributed by atoms with Crippen LogP contribution in [-0.2, 0) is 0 Å². The van der Waals surface area contributed by atoms with Crippen molar-refractivity contribution in [3.63, 3.8) is 0 Å². The maximum atomic E-state index is 10.7. The lowest BCUT2D eigenvalue weighted by Gasteiger charge is -2.45. The van der Waals surface area contributed by atoms with Gasteiger partial charge in [0.25, 0.3) is 0 Å². The van der Waals surface area contributed by atoms with E-state index in [4.69, 9.17) is 0 Å². The highest BCUT2D eigenvalue weighted by Gasteiger charge is 2.56. The molecule has 2 rings (SSSR count). The molecule has 0 heterocycles. The summed E-state index contributed by atoms with van der Waals surface area (Å²) >= 11 is 0. The van der Waals surface area contributed by atoms with E-state index in [1.54, 1.807) is 0 Å². The smallest absolute Gasteiger partial charge is 0.0862 e. The van der Waals surface area contributed by atoms with E-state index in [0.717, 1.165) is 38.5 Å². The quantitative estimate of drug-likeness (QED) is 0.795. The van der Waals surface area contributed by atoms with Crippen LogP contribution in [0.1, 0.15) is 58.8 Å². The highest BCUT2D eigenvalue weighted by Crippen LogP contribution is 2.55. The Morgan fingerprint density at radius 3 is 2.62 bits per heavy atom. The van der Waals surface area contributed by atoms with Gasteiger partial charge in [-0.2, -0.15) is 5.26 Å². The van der Waals surface area contributed by atoms with Crippen molar-refractivity contribution in [2.24, 2.45) is 17.3 Å². The van der Waals surface area contributed by atoms with Crippen LogP contribution in [-0.4, -0.2) is 10.7 Å². The van der Waals surface area contributed by atoms with Crippen molar-refractivity contribution in [1.29, 1.82) is 5.26 Å². The summed E-state index contributed by atoms with van der Waals surface area (Å²) in [7, 11) is 0. The van der Waals surface area contributed by atoms with Crippen LogP contribution in [0.15, 0.2) is 0 Å². The predicted molar refractivity (Wildman–Crippen MR) is 63.6 cm³/mol. The summed E-state index contributed by atoms with van der Waals surface area (Å²) in [5.74, 6) is 1.02. The van der Waals surface area contributed by atoms with Gasteiger partial charge in [0.2, 0.25) is 0 Å². The molecule has 0 bridgehead atoms. The first-order chi connectivity index (χ1) is 7.55. The zero-order chi connectivity index (χ0) is 11.8. The van der Waals surface area contributed by atoms with Gasteiger partial charge in [-0.15, -0.1) is 0 Å². The first kappa shape index (κ1) is 11.9. The van der Waals surface area contributed by atoms with Gasteiger partial charge in [-0.1, -0.05) is 26.2 Å². The molecule has 90 valence electrons. The summed E-state index contributed by atoms with van der Waals surface area (Å²) < 4.78 is 0. The molecule has 3 unspecified atom stereocenters. The Kier molecular flexibility index (Phi) is 3.01. The summed E-state index contributed by atoms with van der Waals surface area (Å²) in [4.78, 5) is 0. The highest BCUT2D eigenvalue weighted by atomic mass is 16.3. The highest BCUT2D eigenvalue weighted by molar-refractivity contribution is 5.15. The van der Waals surface area contributed by atoms with Gasteiger partial charge in [0.15, 0.2) is 0 Å². The standard InChI is InChI=1S/C14H23NO/c1-3-11-5-4-8-14(9-11,10-15)13(2,16)12-6-7-12/h11-12,16H,3-9H2,1-2H3. The van der Waals surface area contributed by atoms with Crippen LogP contribution < -0.4 is 0 Å². The largest absolute Gasteiger partial charge is 0.388 e. The molecule has 0 spiro atoms. The second-order valence-corrected chi connectivity index (χ2v) is 5.99. The Labute approximate surface area is 98.7 Å². The molecule has 3 atom stereocenters. The molecular formula is C14H23NO. The van der Waals surface area contributed by atoms with E-state index < -0.39 is 11.0 Å². The molecule has 2 aliphatic rings. The molecule has 0 aromatic heterocycles. The third-order valence-corrected chi connectivity index (χ3v) is 4.99. The molecule has 0 aromatic rings. The molecular weight excluding hydrogens is 198 g/mol. The lowest BCUT2D eigenvalue weighted by Crippen LogP contribution is -2.49. The van der Waals surface area contributed by atoms with Gasteiger partial charge in [-0.25, -0.2) is 0 Å². The van der Waals surface area contributed by atoms with Crippen LogP contribution in [0.5, 0.6) is 0 Å². The summed E-state index contributed by atoms with van der Waals surface area (Å²) in [5, 5.41) is 20.3. The van der Waals surface area contributed by atoms with E-state index in [-0.39, 0.29) is 0 Å². The van der Waals surface area contributed by atoms with Gasteiger partial charge in [0, 0.05) is 0 Å². The molecule has 0 aromatic carbocycles. The molecule has 2 saturated carbocycles. The van der Waals surface area contributed by atoms with Gasteiger partial charge >= 0.3 is 0 Å². The molecule has 2 heteroatoms. The van der Waals surface area contributed by atoms with Crippen molar-refractivity contribution in [2.45, 2.75) is 64.4 Å². The van der Waals surface area contributed by atoms with Crippen molar-refractivity contribution in [3.8, 4) is 6.07 Å². The van der Waals surface area contributed by atoms with Crippen LogP contribution in [0, 0.1) is 28.6 Å². The summed E-state index contributed by atoms with van der Waals surface area (Å²) in [6.45, 7) is 4.11. The van der Waals surface area contributed by atoms with Crippen LogP contribution >= 0.6 is 0 Å². The van der Waals surface area contributed by atoms with Gasteiger partial charge in [-0.05, 0) is 44.4 Å². The van der Waals surface area contributed by atoms with Gasteiger partial charge in [0.1, 0.15) is 0 Å². The topological polar surface area (TPSA) is 44.0 Å². The van der Waals surface area contributed by atoms with E-state index >= 15 is 0 Å². The Balaban J connectivity index is 2.21. The molecule has 2 aliphatic carbocycles. The Hall–Kier alpha value is -0.550. The predicted octanol–water partition coefficient (Wildman–Crippen LogP) is 3.26. The van der Waals surface area contributed by atoms with E-state index in [1.807, 2.05) is 6.92 Å². The van der Waals surface area contributed by atoms with E-state index in [0.29, 0.717) is 11.8 Å². The van der Waals surface area contributed by atoms with E-state index in [9.17, 15) is 10.4 Å². The fraction of sp³-hybridized carbons (Fsp3) is 0.929. The molecule has 1 N–H and O–H groups in total. The zero-order valence-electron chi connectivity index (χ0n) is 10.5. The number of hydrogen-bond acceptors (Lipinski definition) is 2. The Morgan fingerprint density at radius 2 is 2.12 bits per heavy atom. The lowest BCUT2D eigenvalue weighted by atomic mass is 9.60. The SMILES string of the molecule is CCC1CCCC(C#N)(C(C)(O)C2CC2)C1. The van der Waals surface area contributed by atoms with Gasteiger partial charge in [-0.3, -0.25) is 0 Å². The first-order valence-corrected chi connectivity index (χ1v) is 6.69. The second kappa shape index (κ2) is 4.04. The zero-order valence-corrected chi connectivity index (χ0v) is 10.5. The average molecular weight is 221 g/mol. The third-order valence-electron chi connectivity index (χ3n) is 4.99. The monoisotopic (exact) mass is 221 g/mol. The Morgan fingerprint density at radius 1 is 1.44 bits per heavy atom. The fourth-order valence-corrected chi connectivity index (χ4v) is 3.45. The molecule has 0 amide bonds. The molecule has 16 heavy (non-hydrogen) atoms. The minimum absolute atomic E-state index is 0.378. The maximum absolute atomic E-state index is 10.7. The number of nitriles is 1. The van der Waals surface area contributed by atoms with Crippen molar-refractivity contribution in [2.75, 3.05) is 0 Å². The van der Waals surface area contributed by atoms with E-state index in [2.05, 4.69) is 13.0 Å². The van der Waals surface area contributed by atoms with E-state index in [1.165, 1.54) is 6.42 Å². The normalized spacial score (nSPS) is 38.8. The van der Waals surface area contributed by atoms with Crippen LogP contribution in [0.3, 0.4) is 0 Å². The minimum atomic E-state index is -0.754. The number of aliphatic hydroxyl groups is 1. The summed E-state index contributed by atoms with van der Waals surface area (Å²) in [6.07, 6.45) is 7.49. The molecule has 0 radical (unpaired) electrons. The number of hydrogen-bond donors (Lipinski definition) is 1. The molecule has 2 fully saturated rings. The second-order valence-electron chi connectivity index (χ2n) is 5.99. The average Bonchev–Trinajstić information content (AvgIpc) is 3.12. The summed E-state index contributed by atoms with van der Waals surface area (Å²) in [5.41, 5.74) is -1.22. The van der Waals surface area contributed by atoms with Crippen LogP contribution in [0.2, 0.25) is 0 Å². The lowest BCUT2D eigenvalue weighted by molar-refractivity contribution is -0.0843. The van der Waals surface area contributed by atoms with Crippen LogP contribution in [0.25, 0.3) is 0 Å². The Bertz CT molecular complexity index is 300. The summed E-state index contributed by atoms with van der Waals surface area (Å²) in [6, 6.07) is 2.49. The minimum Gasteiger partial charge on any atom is -0.388 e. The van der Waals surface area contributed by atoms with Crippen molar-refractivity contribution in [1.82, 2.24) is 0 Å². The molecule has 2 nitrogen and oxygen atoms in total. The molecule has 0 saturated heterocycles. The number of nitrogens with zero attached hydrogens (tertiary/aromatic N) is 1. The third kappa shape index (κ3) is 1.76. The fourth-order valence-electron chi connectivity index (χ4n) is 3.45. The van der Waals surface area contributed by atoms with Gasteiger partial charge in [0.05, 0.1) is 17.1 Å². The van der Waals surface area contributed by atoms with Crippen molar-refractivity contribution < 1.29 is 5.11 Å². The molecule has 0 aliphatic heterocycles. The van der Waals surface area contributed by atoms with Crippen LogP contribution in [0.4, 0.5) is 0 Å². The number of rotatable bonds is 3. The van der Waals surface area contributed by atoms with Crippen molar-refractivity contribution >= 4 is 0 Å². The van der Waals surface area contributed by atoms with Crippen molar-refractivity contribution in [3.05, 3.63) is 0 Å². The maximum Gasteiger partial charge on any atom is 0.0862 e.